The maximum absolute atomic E-state index is 12.9. The number of carbonyl (C=O) groups is 2. The Morgan fingerprint density at radius 2 is 1.96 bits per heavy atom. The standard InChI is InChI=1S/C21H26N2O3/c1-4-23(5-2)19(24)13-26-21(25)20-15-8-6-7-9-17(15)22-18-11-10-14(3)12-16(18)20/h6-9,14H,4-5,10-13H2,1-3H3/t14-/m0/s1. The molecule has 5 heteroatoms. The Morgan fingerprint density at radius 3 is 2.69 bits per heavy atom. The SMILES string of the molecule is CCN(CC)C(=O)COC(=O)c1c2c(nc3ccccc13)CC[C@H](C)C2. The van der Waals surface area contributed by atoms with Crippen molar-refractivity contribution in [3.63, 3.8) is 0 Å². The number of nitrogens with zero attached hydrogens (tertiary/aromatic N) is 2. The summed E-state index contributed by atoms with van der Waals surface area (Å²) in [5, 5.41) is 0.806. The summed E-state index contributed by atoms with van der Waals surface area (Å²) in [6.45, 7) is 7.02. The van der Waals surface area contributed by atoms with Gasteiger partial charge in [0.1, 0.15) is 0 Å². The van der Waals surface area contributed by atoms with Crippen LogP contribution in [0.25, 0.3) is 10.9 Å². The average molecular weight is 354 g/mol. The number of rotatable bonds is 5. The molecule has 1 aromatic heterocycles. The fourth-order valence-corrected chi connectivity index (χ4v) is 3.66. The summed E-state index contributed by atoms with van der Waals surface area (Å²) in [5.41, 5.74) is 3.37. The van der Waals surface area contributed by atoms with Crippen LogP contribution >= 0.6 is 0 Å². The van der Waals surface area contributed by atoms with E-state index >= 15 is 0 Å². The molecule has 3 rings (SSSR count). The van der Waals surface area contributed by atoms with E-state index < -0.39 is 5.97 Å². The number of aryl methyl sites for hydroxylation is 1. The minimum absolute atomic E-state index is 0.163. The lowest BCUT2D eigenvalue weighted by Crippen LogP contribution is -2.34. The number of hydrogen-bond donors (Lipinski definition) is 0. The number of amides is 1. The van der Waals surface area contributed by atoms with E-state index in [0.717, 1.165) is 41.4 Å². The van der Waals surface area contributed by atoms with Gasteiger partial charge in [-0.1, -0.05) is 25.1 Å². The Bertz CT molecular complexity index is 827. The molecule has 138 valence electrons. The quantitative estimate of drug-likeness (QED) is 0.772. The molecule has 0 radical (unpaired) electrons. The van der Waals surface area contributed by atoms with Gasteiger partial charge in [-0.2, -0.15) is 0 Å². The summed E-state index contributed by atoms with van der Waals surface area (Å²) >= 11 is 0. The molecule has 1 atom stereocenters. The second-order valence-electron chi connectivity index (χ2n) is 6.92. The van der Waals surface area contributed by atoms with Gasteiger partial charge in [-0.25, -0.2) is 4.79 Å². The Labute approximate surface area is 154 Å². The van der Waals surface area contributed by atoms with Crippen molar-refractivity contribution in [2.45, 2.75) is 40.0 Å². The molecule has 1 amide bonds. The molecule has 0 N–H and O–H groups in total. The molecule has 0 aliphatic heterocycles. The molecular weight excluding hydrogens is 328 g/mol. The second-order valence-corrected chi connectivity index (χ2v) is 6.92. The van der Waals surface area contributed by atoms with Gasteiger partial charge >= 0.3 is 5.97 Å². The summed E-state index contributed by atoms with van der Waals surface area (Å²) in [6.07, 6.45) is 2.77. The topological polar surface area (TPSA) is 59.5 Å². The van der Waals surface area contributed by atoms with Gasteiger partial charge in [0.05, 0.1) is 11.1 Å². The molecule has 1 heterocycles. The van der Waals surface area contributed by atoms with E-state index in [1.807, 2.05) is 38.1 Å². The van der Waals surface area contributed by atoms with E-state index in [1.165, 1.54) is 0 Å². The molecular formula is C21H26N2O3. The van der Waals surface area contributed by atoms with Crippen LogP contribution in [0.3, 0.4) is 0 Å². The number of aromatic nitrogens is 1. The molecule has 0 unspecified atom stereocenters. The van der Waals surface area contributed by atoms with Crippen LogP contribution in [0, 0.1) is 5.92 Å². The van der Waals surface area contributed by atoms with Gasteiger partial charge in [0.2, 0.25) is 0 Å². The first kappa shape index (κ1) is 18.4. The lowest BCUT2D eigenvalue weighted by atomic mass is 9.84. The molecule has 0 saturated carbocycles. The Balaban J connectivity index is 1.94. The fraction of sp³-hybridized carbons (Fsp3) is 0.476. The van der Waals surface area contributed by atoms with Crippen LogP contribution in [0.15, 0.2) is 24.3 Å². The summed E-state index contributed by atoms with van der Waals surface area (Å²) in [6, 6.07) is 7.66. The molecule has 0 spiro atoms. The highest BCUT2D eigenvalue weighted by molar-refractivity contribution is 6.05. The first-order valence-electron chi connectivity index (χ1n) is 9.40. The van der Waals surface area contributed by atoms with Crippen molar-refractivity contribution in [1.82, 2.24) is 9.88 Å². The second kappa shape index (κ2) is 7.85. The molecule has 2 aromatic rings. The third kappa shape index (κ3) is 3.57. The lowest BCUT2D eigenvalue weighted by Gasteiger charge is -2.24. The van der Waals surface area contributed by atoms with Crippen molar-refractivity contribution >= 4 is 22.8 Å². The zero-order valence-corrected chi connectivity index (χ0v) is 15.7. The summed E-state index contributed by atoms with van der Waals surface area (Å²) < 4.78 is 5.43. The Hall–Kier alpha value is -2.43. The number of pyridine rings is 1. The zero-order chi connectivity index (χ0) is 18.7. The third-order valence-electron chi connectivity index (χ3n) is 5.15. The van der Waals surface area contributed by atoms with Crippen molar-refractivity contribution in [2.24, 2.45) is 5.92 Å². The van der Waals surface area contributed by atoms with Crippen molar-refractivity contribution in [3.8, 4) is 0 Å². The van der Waals surface area contributed by atoms with Gasteiger partial charge in [0.15, 0.2) is 6.61 Å². The van der Waals surface area contributed by atoms with Gasteiger partial charge in [-0.15, -0.1) is 0 Å². The molecule has 0 saturated heterocycles. The van der Waals surface area contributed by atoms with Crippen molar-refractivity contribution in [2.75, 3.05) is 19.7 Å². The minimum atomic E-state index is -0.422. The highest BCUT2D eigenvalue weighted by Gasteiger charge is 2.26. The van der Waals surface area contributed by atoms with Crippen LogP contribution < -0.4 is 0 Å². The van der Waals surface area contributed by atoms with Crippen molar-refractivity contribution < 1.29 is 14.3 Å². The smallest absolute Gasteiger partial charge is 0.339 e. The Kier molecular flexibility index (Phi) is 5.55. The van der Waals surface area contributed by atoms with Gasteiger partial charge < -0.3 is 9.64 Å². The normalized spacial score (nSPS) is 16.2. The minimum Gasteiger partial charge on any atom is -0.452 e. The summed E-state index contributed by atoms with van der Waals surface area (Å²) in [5.74, 6) is -0.0762. The Morgan fingerprint density at radius 1 is 1.23 bits per heavy atom. The number of esters is 1. The predicted molar refractivity (Wildman–Crippen MR) is 101 cm³/mol. The first-order valence-corrected chi connectivity index (χ1v) is 9.40. The largest absolute Gasteiger partial charge is 0.452 e. The predicted octanol–water partition coefficient (Wildman–Crippen LogP) is 3.38. The van der Waals surface area contributed by atoms with Crippen LogP contribution in [0.4, 0.5) is 0 Å². The lowest BCUT2D eigenvalue weighted by molar-refractivity contribution is -0.134. The number of hydrogen-bond acceptors (Lipinski definition) is 4. The average Bonchev–Trinajstić information content (AvgIpc) is 2.65. The molecule has 0 fully saturated rings. The maximum atomic E-state index is 12.9. The maximum Gasteiger partial charge on any atom is 0.339 e. The van der Waals surface area contributed by atoms with E-state index in [0.29, 0.717) is 24.6 Å². The van der Waals surface area contributed by atoms with E-state index in [-0.39, 0.29) is 12.5 Å². The number of fused-ring (bicyclic) bond motifs is 2. The molecule has 1 aromatic carbocycles. The number of carbonyl (C=O) groups excluding carboxylic acids is 2. The summed E-state index contributed by atoms with van der Waals surface area (Å²) in [4.78, 5) is 31.5. The summed E-state index contributed by atoms with van der Waals surface area (Å²) in [7, 11) is 0. The molecule has 5 nitrogen and oxygen atoms in total. The van der Waals surface area contributed by atoms with Crippen LogP contribution in [0.1, 0.15) is 48.8 Å². The van der Waals surface area contributed by atoms with Crippen LogP contribution in [0.2, 0.25) is 0 Å². The van der Waals surface area contributed by atoms with Crippen LogP contribution in [-0.4, -0.2) is 41.5 Å². The number of ether oxygens (including phenoxy) is 1. The molecule has 26 heavy (non-hydrogen) atoms. The first-order chi connectivity index (χ1) is 12.5. The van der Waals surface area contributed by atoms with E-state index in [4.69, 9.17) is 9.72 Å². The monoisotopic (exact) mass is 354 g/mol. The third-order valence-corrected chi connectivity index (χ3v) is 5.15. The van der Waals surface area contributed by atoms with Gasteiger partial charge in [0.25, 0.3) is 5.91 Å². The highest BCUT2D eigenvalue weighted by Crippen LogP contribution is 2.31. The van der Waals surface area contributed by atoms with E-state index in [2.05, 4.69) is 6.92 Å². The van der Waals surface area contributed by atoms with Crippen molar-refractivity contribution in [3.05, 3.63) is 41.1 Å². The number of para-hydroxylation sites is 1. The number of likely N-dealkylation sites (N-methyl/N-ethyl adjacent to an activating group) is 1. The van der Waals surface area contributed by atoms with Crippen LogP contribution in [0.5, 0.6) is 0 Å². The molecule has 0 bridgehead atoms. The fourth-order valence-electron chi connectivity index (χ4n) is 3.66. The van der Waals surface area contributed by atoms with Crippen LogP contribution in [-0.2, 0) is 22.4 Å². The molecule has 1 aliphatic rings. The zero-order valence-electron chi connectivity index (χ0n) is 15.7. The van der Waals surface area contributed by atoms with Gasteiger partial charge in [0, 0.05) is 24.2 Å². The van der Waals surface area contributed by atoms with Crippen molar-refractivity contribution in [1.29, 1.82) is 0 Å². The number of benzene rings is 1. The van der Waals surface area contributed by atoms with E-state index in [1.54, 1.807) is 4.90 Å². The van der Waals surface area contributed by atoms with Gasteiger partial charge in [-0.05, 0) is 50.7 Å². The van der Waals surface area contributed by atoms with E-state index in [9.17, 15) is 9.59 Å². The molecule has 1 aliphatic carbocycles. The van der Waals surface area contributed by atoms with Gasteiger partial charge in [-0.3, -0.25) is 9.78 Å². The highest BCUT2D eigenvalue weighted by atomic mass is 16.5.